The number of rotatable bonds is 6. The van der Waals surface area contributed by atoms with Gasteiger partial charge in [-0.3, -0.25) is 4.79 Å². The minimum Gasteiger partial charge on any atom is -0.504 e. The van der Waals surface area contributed by atoms with E-state index in [0.29, 0.717) is 17.3 Å². The van der Waals surface area contributed by atoms with Gasteiger partial charge in [-0.25, -0.2) is 0 Å². The van der Waals surface area contributed by atoms with Crippen LogP contribution in [0.25, 0.3) is 0 Å². The van der Waals surface area contributed by atoms with Gasteiger partial charge in [0.1, 0.15) is 5.75 Å². The Balaban J connectivity index is 1.62. The first-order chi connectivity index (χ1) is 13.1. The van der Waals surface area contributed by atoms with E-state index in [1.165, 1.54) is 31.2 Å². The minimum atomic E-state index is -0.249. The van der Waals surface area contributed by atoms with Crippen molar-refractivity contribution in [2.24, 2.45) is 10.2 Å². The number of nitrogens with one attached hydrogen (secondary N) is 1. The van der Waals surface area contributed by atoms with E-state index in [2.05, 4.69) is 15.5 Å². The number of aromatic hydroxyl groups is 1. The molecule has 0 bridgehead atoms. The summed E-state index contributed by atoms with van der Waals surface area (Å²) in [5, 5.41) is 20.6. The third-order valence-corrected chi connectivity index (χ3v) is 4.99. The average Bonchev–Trinajstić information content (AvgIpc) is 3.03. The molecule has 140 valence electrons. The predicted molar refractivity (Wildman–Crippen MR) is 106 cm³/mol. The topological polar surface area (TPSA) is 92.5 Å². The molecule has 3 rings (SSSR count). The number of thioether (sulfide) groups is 1. The molecule has 2 aromatic carbocycles. The van der Waals surface area contributed by atoms with Gasteiger partial charge < -0.3 is 19.9 Å². The van der Waals surface area contributed by atoms with Crippen molar-refractivity contribution < 1.29 is 19.4 Å². The van der Waals surface area contributed by atoms with Gasteiger partial charge in [0.2, 0.25) is 5.91 Å². The number of phenols is 1. The van der Waals surface area contributed by atoms with Gasteiger partial charge in [0.25, 0.3) is 0 Å². The van der Waals surface area contributed by atoms with Crippen molar-refractivity contribution in [1.29, 1.82) is 0 Å². The third kappa shape index (κ3) is 4.79. The van der Waals surface area contributed by atoms with E-state index in [0.717, 1.165) is 16.9 Å². The molecule has 1 amide bonds. The van der Waals surface area contributed by atoms with Crippen LogP contribution in [0.15, 0.2) is 52.7 Å². The van der Waals surface area contributed by atoms with Crippen LogP contribution in [0.3, 0.4) is 0 Å². The number of hydrogen-bond donors (Lipinski definition) is 2. The van der Waals surface area contributed by atoms with E-state index in [1.54, 1.807) is 19.2 Å². The third-order valence-electron chi connectivity index (χ3n) is 3.92. The molecule has 0 aromatic heterocycles. The van der Waals surface area contributed by atoms with Crippen LogP contribution in [-0.2, 0) is 11.2 Å². The molecule has 0 saturated carbocycles. The van der Waals surface area contributed by atoms with Gasteiger partial charge >= 0.3 is 0 Å². The number of carbonyl (C=O) groups is 1. The first-order valence-corrected chi connectivity index (χ1v) is 9.05. The molecular weight excluding hydrogens is 366 g/mol. The number of amidine groups is 1. The van der Waals surface area contributed by atoms with Gasteiger partial charge in [0.15, 0.2) is 16.7 Å². The second-order valence-electron chi connectivity index (χ2n) is 5.73. The van der Waals surface area contributed by atoms with Gasteiger partial charge in [0.05, 0.1) is 25.7 Å². The number of carbonyl (C=O) groups excluding carboxylic acids is 1. The summed E-state index contributed by atoms with van der Waals surface area (Å²) in [4.78, 5) is 12.1. The van der Waals surface area contributed by atoms with E-state index in [-0.39, 0.29) is 16.9 Å². The molecule has 0 radical (unpaired) electrons. The van der Waals surface area contributed by atoms with Crippen LogP contribution >= 0.6 is 11.8 Å². The summed E-state index contributed by atoms with van der Waals surface area (Å²) >= 11 is 1.35. The van der Waals surface area contributed by atoms with Crippen LogP contribution < -0.4 is 14.8 Å². The molecule has 1 heterocycles. The highest BCUT2D eigenvalue weighted by Crippen LogP contribution is 2.26. The number of amides is 1. The number of nitrogens with zero attached hydrogens (tertiary/aromatic N) is 2. The monoisotopic (exact) mass is 385 g/mol. The van der Waals surface area contributed by atoms with Crippen molar-refractivity contribution in [3.8, 4) is 17.2 Å². The molecule has 1 fully saturated rings. The van der Waals surface area contributed by atoms with Crippen LogP contribution in [0.4, 0.5) is 0 Å². The number of ether oxygens (including phenoxy) is 2. The van der Waals surface area contributed by atoms with E-state index in [4.69, 9.17) is 9.47 Å². The van der Waals surface area contributed by atoms with Crippen LogP contribution in [0.1, 0.15) is 11.1 Å². The number of benzene rings is 2. The zero-order valence-electron chi connectivity index (χ0n) is 14.9. The van der Waals surface area contributed by atoms with Crippen molar-refractivity contribution in [3.63, 3.8) is 0 Å². The zero-order chi connectivity index (χ0) is 19.2. The van der Waals surface area contributed by atoms with Crippen LogP contribution in [0, 0.1) is 0 Å². The highest BCUT2D eigenvalue weighted by atomic mass is 32.2. The highest BCUT2D eigenvalue weighted by Gasteiger charge is 2.30. The maximum Gasteiger partial charge on any atom is 0.239 e. The maximum atomic E-state index is 12.1. The van der Waals surface area contributed by atoms with Crippen LogP contribution in [-0.4, -0.2) is 41.9 Å². The Kier molecular flexibility index (Phi) is 5.97. The summed E-state index contributed by atoms with van der Waals surface area (Å²) in [6.45, 7) is 0. The standard InChI is InChI=1S/C19H19N3O4S/c1-25-14-6-3-12(4-7-14)10-17-18(24)21-19(27-17)22-20-11-13-5-8-15(23)16(9-13)26-2/h3-9,11,17,23H,10H2,1-2H3,(H,21,22,24)/b20-11+. The van der Waals surface area contributed by atoms with Crippen molar-refractivity contribution in [1.82, 2.24) is 5.32 Å². The van der Waals surface area contributed by atoms with Crippen molar-refractivity contribution in [2.45, 2.75) is 11.7 Å². The largest absolute Gasteiger partial charge is 0.504 e. The van der Waals surface area contributed by atoms with Gasteiger partial charge in [-0.05, 0) is 47.9 Å². The lowest BCUT2D eigenvalue weighted by atomic mass is 10.1. The zero-order valence-corrected chi connectivity index (χ0v) is 15.7. The van der Waals surface area contributed by atoms with Crippen LogP contribution in [0.5, 0.6) is 17.2 Å². The maximum absolute atomic E-state index is 12.1. The van der Waals surface area contributed by atoms with E-state index in [9.17, 15) is 9.90 Å². The summed E-state index contributed by atoms with van der Waals surface area (Å²) in [5.74, 6) is 1.11. The summed E-state index contributed by atoms with van der Waals surface area (Å²) in [5.41, 5.74) is 1.77. The molecule has 8 heteroatoms. The minimum absolute atomic E-state index is 0.0564. The normalized spacial score (nSPS) is 18.1. The summed E-state index contributed by atoms with van der Waals surface area (Å²) in [6.07, 6.45) is 2.12. The Hall–Kier alpha value is -3.00. The fraction of sp³-hybridized carbons (Fsp3) is 0.211. The lowest BCUT2D eigenvalue weighted by molar-refractivity contribution is -0.118. The lowest BCUT2D eigenvalue weighted by Gasteiger charge is -2.06. The summed E-state index contributed by atoms with van der Waals surface area (Å²) in [6, 6.07) is 12.5. The molecule has 2 aromatic rings. The average molecular weight is 385 g/mol. The Bertz CT molecular complexity index is 881. The molecule has 0 spiro atoms. The van der Waals surface area contributed by atoms with Crippen molar-refractivity contribution in [2.75, 3.05) is 14.2 Å². The number of phenolic OH excluding ortho intramolecular Hbond substituents is 1. The number of methoxy groups -OCH3 is 2. The second kappa shape index (κ2) is 8.59. The number of hydrogen-bond acceptors (Lipinski definition) is 7. The Labute approximate surface area is 161 Å². The molecule has 1 aliphatic rings. The quantitative estimate of drug-likeness (QED) is 0.589. The second-order valence-corrected chi connectivity index (χ2v) is 6.92. The Morgan fingerprint density at radius 2 is 1.96 bits per heavy atom. The molecule has 1 atom stereocenters. The van der Waals surface area contributed by atoms with Gasteiger partial charge in [0, 0.05) is 0 Å². The molecule has 2 N–H and O–H groups in total. The van der Waals surface area contributed by atoms with E-state index >= 15 is 0 Å². The SMILES string of the molecule is COc1ccc(CC2S/C(=N/N=C/c3ccc(O)c(OC)c3)NC2=O)cc1. The van der Waals surface area contributed by atoms with Crippen LogP contribution in [0.2, 0.25) is 0 Å². The fourth-order valence-electron chi connectivity index (χ4n) is 2.48. The predicted octanol–water partition coefficient (Wildman–Crippen LogP) is 2.57. The van der Waals surface area contributed by atoms with Crippen molar-refractivity contribution in [3.05, 3.63) is 53.6 Å². The lowest BCUT2D eigenvalue weighted by Crippen LogP contribution is -2.25. The Morgan fingerprint density at radius 1 is 1.19 bits per heavy atom. The van der Waals surface area contributed by atoms with E-state index in [1.807, 2.05) is 24.3 Å². The molecule has 1 aliphatic heterocycles. The molecule has 27 heavy (non-hydrogen) atoms. The molecule has 1 unspecified atom stereocenters. The molecular formula is C19H19N3O4S. The highest BCUT2D eigenvalue weighted by molar-refractivity contribution is 8.15. The summed E-state index contributed by atoms with van der Waals surface area (Å²) in [7, 11) is 3.09. The molecule has 7 nitrogen and oxygen atoms in total. The van der Waals surface area contributed by atoms with Gasteiger partial charge in [-0.15, -0.1) is 5.10 Å². The van der Waals surface area contributed by atoms with Crippen molar-refractivity contribution >= 4 is 29.1 Å². The van der Waals surface area contributed by atoms with Gasteiger partial charge in [-0.2, -0.15) is 5.10 Å². The molecule has 0 aliphatic carbocycles. The summed E-state index contributed by atoms with van der Waals surface area (Å²) < 4.78 is 10.2. The first-order valence-electron chi connectivity index (χ1n) is 8.17. The van der Waals surface area contributed by atoms with Gasteiger partial charge in [-0.1, -0.05) is 23.9 Å². The first kappa shape index (κ1) is 18.8. The fourth-order valence-corrected chi connectivity index (χ4v) is 3.45. The molecule has 1 saturated heterocycles. The Morgan fingerprint density at radius 3 is 2.67 bits per heavy atom. The smallest absolute Gasteiger partial charge is 0.239 e. The van der Waals surface area contributed by atoms with E-state index < -0.39 is 0 Å².